The summed E-state index contributed by atoms with van der Waals surface area (Å²) in [5, 5.41) is 7.30. The van der Waals surface area contributed by atoms with Crippen molar-refractivity contribution in [1.29, 1.82) is 0 Å². The van der Waals surface area contributed by atoms with Crippen LogP contribution < -0.4 is 14.8 Å². The van der Waals surface area contributed by atoms with Gasteiger partial charge in [-0.3, -0.25) is 4.90 Å². The Morgan fingerprint density at radius 1 is 1.06 bits per heavy atom. The normalized spacial score (nSPS) is 15.9. The maximum absolute atomic E-state index is 13.0. The molecule has 34 heavy (non-hydrogen) atoms. The van der Waals surface area contributed by atoms with Crippen LogP contribution in [0.5, 0.6) is 11.5 Å². The predicted molar refractivity (Wildman–Crippen MR) is 126 cm³/mol. The first-order valence-corrected chi connectivity index (χ1v) is 11.0. The molecule has 1 atom stereocenters. The standard InChI is InChI=1S/C25H28N4O5/c1-16-21(24-27-23(28-34-24)18-11-12-19(32-3)20(15-18)33-4)22(17-9-6-5-7-10-17)26-25(30)29(16)13-8-14-31-2/h5-7,9-12,15,22H,8,13-14H2,1-4H3,(H,26,30). The van der Waals surface area contributed by atoms with Gasteiger partial charge in [0.15, 0.2) is 11.5 Å². The van der Waals surface area contributed by atoms with Gasteiger partial charge in [0.2, 0.25) is 5.82 Å². The van der Waals surface area contributed by atoms with Crippen molar-refractivity contribution in [3.8, 4) is 22.9 Å². The van der Waals surface area contributed by atoms with Crippen LogP contribution in [0.2, 0.25) is 0 Å². The van der Waals surface area contributed by atoms with Crippen molar-refractivity contribution in [3.05, 3.63) is 65.7 Å². The van der Waals surface area contributed by atoms with E-state index in [0.29, 0.717) is 42.8 Å². The monoisotopic (exact) mass is 464 g/mol. The molecule has 9 nitrogen and oxygen atoms in total. The van der Waals surface area contributed by atoms with E-state index < -0.39 is 6.04 Å². The first-order valence-electron chi connectivity index (χ1n) is 11.0. The van der Waals surface area contributed by atoms with Gasteiger partial charge in [-0.2, -0.15) is 4.98 Å². The zero-order chi connectivity index (χ0) is 24.1. The van der Waals surface area contributed by atoms with Crippen molar-refractivity contribution in [3.63, 3.8) is 0 Å². The van der Waals surface area contributed by atoms with Crippen LogP contribution in [-0.2, 0) is 4.74 Å². The topological polar surface area (TPSA) is 99.0 Å². The second kappa shape index (κ2) is 10.4. The van der Waals surface area contributed by atoms with Crippen LogP contribution in [0.1, 0.15) is 30.8 Å². The molecule has 1 aliphatic heterocycles. The average Bonchev–Trinajstić information content (AvgIpc) is 3.35. The molecule has 4 rings (SSSR count). The summed E-state index contributed by atoms with van der Waals surface area (Å²) in [5.74, 6) is 1.93. The lowest BCUT2D eigenvalue weighted by atomic mass is 9.94. The molecular formula is C25H28N4O5. The summed E-state index contributed by atoms with van der Waals surface area (Å²) in [6.07, 6.45) is 0.700. The summed E-state index contributed by atoms with van der Waals surface area (Å²) in [6.45, 7) is 2.96. The summed E-state index contributed by atoms with van der Waals surface area (Å²) >= 11 is 0. The Kier molecular flexibility index (Phi) is 7.12. The number of aromatic nitrogens is 2. The maximum Gasteiger partial charge on any atom is 0.322 e. The van der Waals surface area contributed by atoms with Crippen LogP contribution in [0.4, 0.5) is 4.79 Å². The van der Waals surface area contributed by atoms with Crippen LogP contribution in [-0.4, -0.2) is 55.6 Å². The largest absolute Gasteiger partial charge is 0.493 e. The Bertz CT molecular complexity index is 1180. The van der Waals surface area contributed by atoms with E-state index in [1.807, 2.05) is 43.3 Å². The molecule has 1 unspecified atom stereocenters. The number of allylic oxidation sites excluding steroid dienone is 1. The van der Waals surface area contributed by atoms with E-state index in [4.69, 9.17) is 18.7 Å². The number of methoxy groups -OCH3 is 3. The minimum Gasteiger partial charge on any atom is -0.493 e. The molecule has 0 aliphatic carbocycles. The molecule has 3 aromatic rings. The number of nitrogens with zero attached hydrogens (tertiary/aromatic N) is 3. The number of hydrogen-bond acceptors (Lipinski definition) is 7. The van der Waals surface area contributed by atoms with Gasteiger partial charge in [0.1, 0.15) is 0 Å². The number of nitrogens with one attached hydrogen (secondary N) is 1. The van der Waals surface area contributed by atoms with Gasteiger partial charge < -0.3 is 24.1 Å². The summed E-state index contributed by atoms with van der Waals surface area (Å²) in [4.78, 5) is 19.3. The van der Waals surface area contributed by atoms with Gasteiger partial charge in [0.25, 0.3) is 5.89 Å². The van der Waals surface area contributed by atoms with E-state index in [1.54, 1.807) is 38.4 Å². The van der Waals surface area contributed by atoms with Crippen molar-refractivity contribution in [2.75, 3.05) is 34.5 Å². The molecule has 9 heteroatoms. The van der Waals surface area contributed by atoms with Gasteiger partial charge in [-0.1, -0.05) is 35.5 Å². The molecule has 1 N–H and O–H groups in total. The summed E-state index contributed by atoms with van der Waals surface area (Å²) in [7, 11) is 4.80. The summed E-state index contributed by atoms with van der Waals surface area (Å²) < 4.78 is 21.6. The van der Waals surface area contributed by atoms with Gasteiger partial charge in [-0.25, -0.2) is 4.79 Å². The molecular weight excluding hydrogens is 436 g/mol. The Hall–Kier alpha value is -3.85. The fourth-order valence-electron chi connectivity index (χ4n) is 4.02. The third-order valence-electron chi connectivity index (χ3n) is 5.76. The number of ether oxygens (including phenoxy) is 3. The van der Waals surface area contributed by atoms with E-state index in [0.717, 1.165) is 22.4 Å². The Balaban J connectivity index is 1.75. The highest BCUT2D eigenvalue weighted by Crippen LogP contribution is 2.38. The van der Waals surface area contributed by atoms with Gasteiger partial charge >= 0.3 is 6.03 Å². The van der Waals surface area contributed by atoms with Crippen molar-refractivity contribution < 1.29 is 23.5 Å². The predicted octanol–water partition coefficient (Wildman–Crippen LogP) is 4.29. The van der Waals surface area contributed by atoms with Crippen molar-refractivity contribution >= 4 is 11.6 Å². The van der Waals surface area contributed by atoms with Crippen LogP contribution in [0, 0.1) is 0 Å². The number of benzene rings is 2. The maximum atomic E-state index is 13.0. The minimum absolute atomic E-state index is 0.175. The Labute approximate surface area is 198 Å². The molecule has 0 fully saturated rings. The number of rotatable bonds is 9. The fraction of sp³-hybridized carbons (Fsp3) is 0.320. The molecule has 2 heterocycles. The second-order valence-corrected chi connectivity index (χ2v) is 7.78. The van der Waals surface area contributed by atoms with E-state index in [1.165, 1.54) is 0 Å². The van der Waals surface area contributed by atoms with Crippen LogP contribution in [0.25, 0.3) is 17.0 Å². The molecule has 1 aromatic heterocycles. The van der Waals surface area contributed by atoms with Gasteiger partial charge in [-0.15, -0.1) is 0 Å². The van der Waals surface area contributed by atoms with E-state index >= 15 is 0 Å². The molecule has 0 saturated heterocycles. The van der Waals surface area contributed by atoms with E-state index in [9.17, 15) is 4.79 Å². The zero-order valence-corrected chi connectivity index (χ0v) is 19.7. The number of amides is 2. The van der Waals surface area contributed by atoms with Crippen molar-refractivity contribution in [2.24, 2.45) is 0 Å². The summed E-state index contributed by atoms with van der Waals surface area (Å²) in [6, 6.07) is 14.5. The lowest BCUT2D eigenvalue weighted by molar-refractivity contribution is 0.174. The SMILES string of the molecule is COCCCN1C(=O)NC(c2ccccc2)C(c2nc(-c3ccc(OC)c(OC)c3)no2)=C1C. The fourth-order valence-corrected chi connectivity index (χ4v) is 4.02. The van der Waals surface area contributed by atoms with E-state index in [2.05, 4.69) is 15.5 Å². The lowest BCUT2D eigenvalue weighted by Gasteiger charge is -2.35. The molecule has 0 saturated carbocycles. The summed E-state index contributed by atoms with van der Waals surface area (Å²) in [5.41, 5.74) is 3.16. The third kappa shape index (κ3) is 4.60. The lowest BCUT2D eigenvalue weighted by Crippen LogP contribution is -2.46. The number of carbonyl (C=O) groups excluding carboxylic acids is 1. The highest BCUT2D eigenvalue weighted by molar-refractivity contribution is 5.86. The minimum atomic E-state index is -0.425. The second-order valence-electron chi connectivity index (χ2n) is 7.78. The van der Waals surface area contributed by atoms with E-state index in [-0.39, 0.29) is 6.03 Å². The quantitative estimate of drug-likeness (QED) is 0.472. The first-order chi connectivity index (χ1) is 16.6. The first kappa shape index (κ1) is 23.3. The number of hydrogen-bond donors (Lipinski definition) is 1. The molecule has 1 aliphatic rings. The molecule has 0 spiro atoms. The molecule has 0 bridgehead atoms. The zero-order valence-electron chi connectivity index (χ0n) is 19.7. The molecule has 178 valence electrons. The Morgan fingerprint density at radius 3 is 2.53 bits per heavy atom. The van der Waals surface area contributed by atoms with Crippen LogP contribution in [0.3, 0.4) is 0 Å². The van der Waals surface area contributed by atoms with Crippen molar-refractivity contribution in [2.45, 2.75) is 19.4 Å². The highest BCUT2D eigenvalue weighted by Gasteiger charge is 2.35. The van der Waals surface area contributed by atoms with Gasteiger partial charge in [-0.05, 0) is 37.1 Å². The van der Waals surface area contributed by atoms with Crippen LogP contribution in [0.15, 0.2) is 58.8 Å². The number of urea groups is 1. The molecule has 2 amide bonds. The average molecular weight is 465 g/mol. The van der Waals surface area contributed by atoms with Crippen molar-refractivity contribution in [1.82, 2.24) is 20.4 Å². The number of carbonyl (C=O) groups is 1. The van der Waals surface area contributed by atoms with Gasteiger partial charge in [0.05, 0.1) is 25.8 Å². The molecule has 0 radical (unpaired) electrons. The highest BCUT2D eigenvalue weighted by atomic mass is 16.5. The Morgan fingerprint density at radius 2 is 1.82 bits per heavy atom. The smallest absolute Gasteiger partial charge is 0.322 e. The third-order valence-corrected chi connectivity index (χ3v) is 5.76. The van der Waals surface area contributed by atoms with Crippen LogP contribution >= 0.6 is 0 Å². The van der Waals surface area contributed by atoms with Gasteiger partial charge in [0, 0.05) is 31.5 Å². The molecule has 2 aromatic carbocycles.